The van der Waals surface area contributed by atoms with Crippen molar-refractivity contribution in [3.05, 3.63) is 36.3 Å². The minimum absolute atomic E-state index is 0.0601. The van der Waals surface area contributed by atoms with Crippen LogP contribution in [0, 0.1) is 0 Å². The van der Waals surface area contributed by atoms with Gasteiger partial charge in [0.15, 0.2) is 0 Å². The van der Waals surface area contributed by atoms with E-state index in [-0.39, 0.29) is 23.2 Å². The SMILES string of the molecule is COC(=O)NC1(C(=O)N2CCCC2c2ncc(-c3ccc(B4OC(C)(C)C(C)(C)O4)cc3)[nH]2)CC1. The van der Waals surface area contributed by atoms with E-state index in [1.165, 1.54) is 7.11 Å². The molecule has 3 fully saturated rings. The molecule has 9 nitrogen and oxygen atoms in total. The summed E-state index contributed by atoms with van der Waals surface area (Å²) < 4.78 is 17.0. The summed E-state index contributed by atoms with van der Waals surface area (Å²) in [4.78, 5) is 34.9. The molecular weight excluding hydrogens is 447 g/mol. The van der Waals surface area contributed by atoms with E-state index in [2.05, 4.69) is 15.3 Å². The van der Waals surface area contributed by atoms with Crippen LogP contribution in [0.2, 0.25) is 0 Å². The summed E-state index contributed by atoms with van der Waals surface area (Å²) in [6.07, 6.45) is 4.21. The number of benzene rings is 1. The number of amides is 2. The molecular formula is C25H33BN4O5. The summed E-state index contributed by atoms with van der Waals surface area (Å²) >= 11 is 0. The Labute approximate surface area is 206 Å². The van der Waals surface area contributed by atoms with E-state index < -0.39 is 18.8 Å². The second-order valence-electron chi connectivity index (χ2n) is 10.7. The zero-order valence-electron chi connectivity index (χ0n) is 21.0. The molecule has 1 aliphatic carbocycles. The van der Waals surface area contributed by atoms with Crippen molar-refractivity contribution < 1.29 is 23.6 Å². The molecule has 1 aromatic carbocycles. The number of carbonyl (C=O) groups is 2. The number of nitrogens with zero attached hydrogens (tertiary/aromatic N) is 2. The Balaban J connectivity index is 1.29. The predicted octanol–water partition coefficient (Wildman–Crippen LogP) is 2.93. The van der Waals surface area contributed by atoms with Crippen LogP contribution in [-0.4, -0.2) is 64.4 Å². The first-order valence-electron chi connectivity index (χ1n) is 12.2. The molecule has 3 heterocycles. The number of carbonyl (C=O) groups excluding carboxylic acids is 2. The number of methoxy groups -OCH3 is 1. The number of hydrogen-bond donors (Lipinski definition) is 2. The maximum absolute atomic E-state index is 13.3. The fourth-order valence-electron chi connectivity index (χ4n) is 4.78. The van der Waals surface area contributed by atoms with Gasteiger partial charge in [-0.1, -0.05) is 24.3 Å². The van der Waals surface area contributed by atoms with Crippen molar-refractivity contribution in [2.24, 2.45) is 0 Å². The summed E-state index contributed by atoms with van der Waals surface area (Å²) in [5.41, 5.74) is 1.23. The maximum Gasteiger partial charge on any atom is 0.494 e. The smallest absolute Gasteiger partial charge is 0.453 e. The molecule has 0 spiro atoms. The number of rotatable bonds is 5. The first-order chi connectivity index (χ1) is 16.6. The largest absolute Gasteiger partial charge is 0.494 e. The molecule has 1 aromatic heterocycles. The van der Waals surface area contributed by atoms with Crippen molar-refractivity contribution >= 4 is 24.6 Å². The van der Waals surface area contributed by atoms with Gasteiger partial charge in [-0.2, -0.15) is 0 Å². The van der Waals surface area contributed by atoms with E-state index in [0.717, 1.165) is 35.4 Å². The van der Waals surface area contributed by atoms with Crippen molar-refractivity contribution in [2.75, 3.05) is 13.7 Å². The zero-order valence-corrected chi connectivity index (χ0v) is 21.0. The molecule has 0 bridgehead atoms. The van der Waals surface area contributed by atoms with Gasteiger partial charge in [0.2, 0.25) is 5.91 Å². The van der Waals surface area contributed by atoms with E-state index in [9.17, 15) is 9.59 Å². The third-order valence-electron chi connectivity index (χ3n) is 7.86. The summed E-state index contributed by atoms with van der Waals surface area (Å²) in [7, 11) is 0.902. The van der Waals surface area contributed by atoms with Crippen molar-refractivity contribution in [2.45, 2.75) is 76.2 Å². The van der Waals surface area contributed by atoms with Crippen molar-refractivity contribution in [3.63, 3.8) is 0 Å². The topological polar surface area (TPSA) is 106 Å². The maximum atomic E-state index is 13.3. The van der Waals surface area contributed by atoms with E-state index in [0.29, 0.717) is 19.4 Å². The van der Waals surface area contributed by atoms with Gasteiger partial charge in [0.25, 0.3) is 0 Å². The van der Waals surface area contributed by atoms with Gasteiger partial charge >= 0.3 is 13.2 Å². The van der Waals surface area contributed by atoms with Crippen LogP contribution in [0.1, 0.15) is 65.2 Å². The Morgan fingerprint density at radius 3 is 2.40 bits per heavy atom. The number of nitrogens with one attached hydrogen (secondary N) is 2. The van der Waals surface area contributed by atoms with Gasteiger partial charge in [-0.25, -0.2) is 9.78 Å². The van der Waals surface area contributed by atoms with E-state index in [1.807, 2.05) is 56.9 Å². The minimum Gasteiger partial charge on any atom is -0.453 e. The summed E-state index contributed by atoms with van der Waals surface area (Å²) in [6, 6.07) is 7.93. The normalized spacial score (nSPS) is 23.9. The average Bonchev–Trinajstić information content (AvgIpc) is 3.15. The van der Waals surface area contributed by atoms with Crippen LogP contribution >= 0.6 is 0 Å². The highest BCUT2D eigenvalue weighted by Gasteiger charge is 2.55. The van der Waals surface area contributed by atoms with Gasteiger partial charge < -0.3 is 29.2 Å². The number of likely N-dealkylation sites (tertiary alicyclic amines) is 1. The zero-order chi connectivity index (χ0) is 25.0. The highest BCUT2D eigenvalue weighted by molar-refractivity contribution is 6.62. The number of alkyl carbamates (subject to hydrolysis) is 1. The number of ether oxygens (including phenoxy) is 1. The molecule has 0 radical (unpaired) electrons. The van der Waals surface area contributed by atoms with Gasteiger partial charge in [0.1, 0.15) is 11.4 Å². The second kappa shape index (κ2) is 8.38. The highest BCUT2D eigenvalue weighted by Crippen LogP contribution is 2.42. The van der Waals surface area contributed by atoms with Gasteiger partial charge in [0, 0.05) is 6.54 Å². The lowest BCUT2D eigenvalue weighted by atomic mass is 9.79. The monoisotopic (exact) mass is 480 g/mol. The Bertz CT molecular complexity index is 1110. The molecule has 2 saturated heterocycles. The van der Waals surface area contributed by atoms with E-state index >= 15 is 0 Å². The van der Waals surface area contributed by atoms with Crippen LogP contribution in [0.25, 0.3) is 11.3 Å². The van der Waals surface area contributed by atoms with Crippen molar-refractivity contribution in [1.29, 1.82) is 0 Å². The van der Waals surface area contributed by atoms with Crippen molar-refractivity contribution in [1.82, 2.24) is 20.2 Å². The third-order valence-corrected chi connectivity index (χ3v) is 7.86. The Morgan fingerprint density at radius 2 is 1.80 bits per heavy atom. The lowest BCUT2D eigenvalue weighted by molar-refractivity contribution is -0.135. The van der Waals surface area contributed by atoms with E-state index in [4.69, 9.17) is 14.0 Å². The molecule has 2 N–H and O–H groups in total. The molecule has 2 aliphatic heterocycles. The fraction of sp³-hybridized carbons (Fsp3) is 0.560. The highest BCUT2D eigenvalue weighted by atomic mass is 16.7. The molecule has 3 aliphatic rings. The summed E-state index contributed by atoms with van der Waals surface area (Å²) in [5, 5.41) is 2.73. The van der Waals surface area contributed by atoms with Crippen molar-refractivity contribution in [3.8, 4) is 11.3 Å². The quantitative estimate of drug-likeness (QED) is 0.638. The number of aromatic nitrogens is 2. The lowest BCUT2D eigenvalue weighted by Crippen LogP contribution is -2.50. The van der Waals surface area contributed by atoms with Gasteiger partial charge in [0.05, 0.1) is 36.2 Å². The predicted molar refractivity (Wildman–Crippen MR) is 131 cm³/mol. The number of aromatic amines is 1. The molecule has 186 valence electrons. The first-order valence-corrected chi connectivity index (χ1v) is 12.2. The van der Waals surface area contributed by atoms with Crippen LogP contribution in [0.4, 0.5) is 4.79 Å². The summed E-state index contributed by atoms with van der Waals surface area (Å²) in [6.45, 7) is 8.82. The van der Waals surface area contributed by atoms with Crippen LogP contribution in [0.15, 0.2) is 30.5 Å². The second-order valence-corrected chi connectivity index (χ2v) is 10.7. The summed E-state index contributed by atoms with van der Waals surface area (Å²) in [5.74, 6) is 0.699. The molecule has 2 amide bonds. The molecule has 1 saturated carbocycles. The Kier molecular flexibility index (Phi) is 5.71. The Morgan fingerprint density at radius 1 is 1.14 bits per heavy atom. The molecule has 35 heavy (non-hydrogen) atoms. The Hall–Kier alpha value is -2.85. The standard InChI is InChI=1S/C25H33BN4O5/c1-23(2)24(3,4)35-26(34-23)17-10-8-16(9-11-17)18-15-27-20(28-18)19-7-6-14-30(19)21(31)25(12-13-25)29-22(32)33-5/h8-11,15,19H,6-7,12-14H2,1-5H3,(H,27,28)(H,29,32). The van der Waals surface area contributed by atoms with Crippen LogP contribution in [0.3, 0.4) is 0 Å². The van der Waals surface area contributed by atoms with Gasteiger partial charge in [-0.3, -0.25) is 4.79 Å². The molecule has 10 heteroatoms. The van der Waals surface area contributed by atoms with Crippen LogP contribution in [-0.2, 0) is 18.8 Å². The van der Waals surface area contributed by atoms with Gasteiger partial charge in [-0.05, 0) is 64.4 Å². The number of H-pyrrole nitrogens is 1. The molecule has 1 atom stereocenters. The minimum atomic E-state index is -0.839. The molecule has 1 unspecified atom stereocenters. The third kappa shape index (κ3) is 4.23. The fourth-order valence-corrected chi connectivity index (χ4v) is 4.78. The van der Waals surface area contributed by atoms with Crippen LogP contribution in [0.5, 0.6) is 0 Å². The molecule has 5 rings (SSSR count). The average molecular weight is 480 g/mol. The van der Waals surface area contributed by atoms with E-state index in [1.54, 1.807) is 6.20 Å². The number of imidazole rings is 1. The lowest BCUT2D eigenvalue weighted by Gasteiger charge is -2.32. The first kappa shape index (κ1) is 23.9. The number of hydrogen-bond acceptors (Lipinski definition) is 6. The van der Waals surface area contributed by atoms with Crippen LogP contribution < -0.4 is 10.8 Å². The van der Waals surface area contributed by atoms with Gasteiger partial charge in [-0.15, -0.1) is 0 Å². The molecule has 2 aromatic rings.